The van der Waals surface area contributed by atoms with Crippen LogP contribution < -0.4 is 15.9 Å². The molecule has 6 heteroatoms. The van der Waals surface area contributed by atoms with Crippen molar-refractivity contribution in [3.05, 3.63) is 118 Å². The number of aromatic nitrogens is 1. The van der Waals surface area contributed by atoms with Crippen molar-refractivity contribution in [1.29, 1.82) is 0 Å². The second-order valence-corrected chi connectivity index (χ2v) is 10.1. The highest BCUT2D eigenvalue weighted by Gasteiger charge is 2.19. The lowest BCUT2D eigenvalue weighted by Gasteiger charge is -2.32. The molecule has 1 saturated heterocycles. The summed E-state index contributed by atoms with van der Waals surface area (Å²) in [6.45, 7) is 23.0. The Labute approximate surface area is 244 Å². The van der Waals surface area contributed by atoms with E-state index in [4.69, 9.17) is 15.0 Å². The third-order valence-corrected chi connectivity index (χ3v) is 6.80. The Morgan fingerprint density at radius 1 is 1.12 bits per heavy atom. The second kappa shape index (κ2) is 15.0. The van der Waals surface area contributed by atoms with Gasteiger partial charge in [-0.2, -0.15) is 0 Å². The van der Waals surface area contributed by atoms with Gasteiger partial charge in [-0.3, -0.25) is 4.99 Å². The summed E-state index contributed by atoms with van der Waals surface area (Å²) in [4.78, 5) is 17.1. The summed E-state index contributed by atoms with van der Waals surface area (Å²) in [7, 11) is 0. The molecular formula is C35H42FN5. The summed E-state index contributed by atoms with van der Waals surface area (Å²) in [5.74, 6) is 0.704. The van der Waals surface area contributed by atoms with Gasteiger partial charge in [0.1, 0.15) is 11.7 Å². The number of nitrogens with zero attached hydrogens (tertiary/aromatic N) is 4. The van der Waals surface area contributed by atoms with Gasteiger partial charge in [0.15, 0.2) is 0 Å². The molecule has 41 heavy (non-hydrogen) atoms. The maximum absolute atomic E-state index is 14.2. The van der Waals surface area contributed by atoms with Crippen molar-refractivity contribution in [3.63, 3.8) is 0 Å². The van der Waals surface area contributed by atoms with Crippen molar-refractivity contribution in [2.24, 2.45) is 9.98 Å². The van der Waals surface area contributed by atoms with E-state index in [0.29, 0.717) is 5.57 Å². The van der Waals surface area contributed by atoms with Gasteiger partial charge in [0, 0.05) is 30.9 Å². The molecule has 214 valence electrons. The van der Waals surface area contributed by atoms with Gasteiger partial charge in [-0.15, -0.1) is 0 Å². The summed E-state index contributed by atoms with van der Waals surface area (Å²) in [6.07, 6.45) is 17.2. The van der Waals surface area contributed by atoms with E-state index in [1.165, 1.54) is 6.08 Å². The molecule has 2 aliphatic rings. The Morgan fingerprint density at radius 3 is 2.61 bits per heavy atom. The first-order valence-corrected chi connectivity index (χ1v) is 14.0. The lowest BCUT2D eigenvalue weighted by atomic mass is 10.0. The van der Waals surface area contributed by atoms with Crippen LogP contribution in [-0.4, -0.2) is 47.6 Å². The maximum atomic E-state index is 14.2. The van der Waals surface area contributed by atoms with Gasteiger partial charge in [0.05, 0.1) is 29.0 Å². The van der Waals surface area contributed by atoms with Crippen LogP contribution in [0.1, 0.15) is 47.2 Å². The molecule has 1 aromatic rings. The van der Waals surface area contributed by atoms with Crippen LogP contribution in [0, 0.1) is 0 Å². The quantitative estimate of drug-likeness (QED) is 0.297. The van der Waals surface area contributed by atoms with E-state index in [1.807, 2.05) is 77.1 Å². The van der Waals surface area contributed by atoms with Gasteiger partial charge in [-0.25, -0.2) is 14.4 Å². The molecule has 0 amide bonds. The number of amidine groups is 1. The summed E-state index contributed by atoms with van der Waals surface area (Å²) in [5, 5.41) is 4.99. The van der Waals surface area contributed by atoms with E-state index in [-0.39, 0.29) is 5.83 Å². The highest BCUT2D eigenvalue weighted by atomic mass is 19.1. The van der Waals surface area contributed by atoms with E-state index >= 15 is 0 Å². The number of hydrogen-bond acceptors (Lipinski definition) is 5. The second-order valence-electron chi connectivity index (χ2n) is 10.1. The van der Waals surface area contributed by atoms with Gasteiger partial charge >= 0.3 is 0 Å². The molecule has 0 atom stereocenters. The number of hydrogen-bond donors (Lipinski definition) is 1. The van der Waals surface area contributed by atoms with Crippen LogP contribution in [0.25, 0.3) is 18.2 Å². The zero-order chi connectivity index (χ0) is 29.9. The first kappa shape index (κ1) is 31.4. The van der Waals surface area contributed by atoms with Crippen LogP contribution in [0.2, 0.25) is 0 Å². The average Bonchev–Trinajstić information content (AvgIpc) is 2.97. The van der Waals surface area contributed by atoms with E-state index in [0.717, 1.165) is 82.1 Å². The Kier molecular flexibility index (Phi) is 11.5. The predicted molar refractivity (Wildman–Crippen MR) is 175 cm³/mol. The highest BCUT2D eigenvalue weighted by molar-refractivity contribution is 5.95. The molecule has 0 spiro atoms. The normalized spacial score (nSPS) is 18.5. The van der Waals surface area contributed by atoms with Gasteiger partial charge in [-0.1, -0.05) is 49.6 Å². The third-order valence-electron chi connectivity index (χ3n) is 6.80. The molecule has 1 fully saturated rings. The van der Waals surface area contributed by atoms with Gasteiger partial charge in [0.25, 0.3) is 0 Å². The lowest BCUT2D eigenvalue weighted by Crippen LogP contribution is -2.49. The van der Waals surface area contributed by atoms with Crippen molar-refractivity contribution in [2.75, 3.05) is 26.2 Å². The molecule has 0 saturated carbocycles. The Hall–Kier alpha value is -4.16. The fourth-order valence-corrected chi connectivity index (χ4v) is 4.34. The fourth-order valence-electron chi connectivity index (χ4n) is 4.34. The number of halogens is 1. The largest absolute Gasteiger partial charge is 0.354 e. The maximum Gasteiger partial charge on any atom is 0.125 e. The summed E-state index contributed by atoms with van der Waals surface area (Å²) in [5.41, 5.74) is 6.33. The number of rotatable bonds is 9. The van der Waals surface area contributed by atoms with Gasteiger partial charge in [-0.05, 0) is 93.9 Å². The van der Waals surface area contributed by atoms with Crippen LogP contribution in [-0.2, 0) is 0 Å². The van der Waals surface area contributed by atoms with Crippen molar-refractivity contribution in [3.8, 4) is 0 Å². The highest BCUT2D eigenvalue weighted by Crippen LogP contribution is 2.24. The Morgan fingerprint density at radius 2 is 1.90 bits per heavy atom. The fraction of sp³-hybridized carbons (Fsp3) is 0.286. The molecule has 3 heterocycles. The minimum atomic E-state index is -0.363. The minimum absolute atomic E-state index is 0.363. The van der Waals surface area contributed by atoms with Crippen molar-refractivity contribution < 1.29 is 4.39 Å². The van der Waals surface area contributed by atoms with Crippen molar-refractivity contribution >= 4 is 29.8 Å². The molecule has 0 bridgehead atoms. The molecule has 1 aromatic heterocycles. The monoisotopic (exact) mass is 551 g/mol. The SMILES string of the molecule is C=C(C)\C(F)=C/C=C(C)/C(/N=C(C)/C=C\C=C/C)=C(/C)c1ccc(=C)/c(=C\C(=C/C)C2=CCN3CCNCC3=N2)n1. The molecular weight excluding hydrogens is 509 g/mol. The number of piperazine rings is 1. The molecule has 0 radical (unpaired) electrons. The van der Waals surface area contributed by atoms with E-state index in [1.54, 1.807) is 13.0 Å². The van der Waals surface area contributed by atoms with E-state index < -0.39 is 0 Å². The van der Waals surface area contributed by atoms with Crippen LogP contribution in [0.3, 0.4) is 0 Å². The average molecular weight is 552 g/mol. The van der Waals surface area contributed by atoms with Crippen LogP contribution in [0.4, 0.5) is 4.39 Å². The zero-order valence-corrected chi connectivity index (χ0v) is 25.3. The van der Waals surface area contributed by atoms with Crippen LogP contribution in [0.5, 0.6) is 0 Å². The molecule has 0 aliphatic carbocycles. The van der Waals surface area contributed by atoms with Crippen LogP contribution in [0.15, 0.2) is 111 Å². The smallest absolute Gasteiger partial charge is 0.125 e. The lowest BCUT2D eigenvalue weighted by molar-refractivity contribution is 0.407. The first-order chi connectivity index (χ1) is 19.6. The van der Waals surface area contributed by atoms with Gasteiger partial charge in [0.2, 0.25) is 0 Å². The first-order valence-electron chi connectivity index (χ1n) is 14.0. The Bertz CT molecular complexity index is 1560. The predicted octanol–water partition coefficient (Wildman–Crippen LogP) is 6.12. The number of fused-ring (bicyclic) bond motifs is 1. The van der Waals surface area contributed by atoms with E-state index in [2.05, 4.69) is 35.5 Å². The molecule has 2 aliphatic heterocycles. The number of allylic oxidation sites excluding steroid dienone is 12. The third kappa shape index (κ3) is 8.66. The van der Waals surface area contributed by atoms with E-state index in [9.17, 15) is 4.39 Å². The Balaban J connectivity index is 2.11. The summed E-state index contributed by atoms with van der Waals surface area (Å²) in [6, 6.07) is 3.92. The molecule has 0 aromatic carbocycles. The topological polar surface area (TPSA) is 52.9 Å². The van der Waals surface area contributed by atoms with Gasteiger partial charge < -0.3 is 10.2 Å². The number of aliphatic imine (C=N–C) groups is 2. The van der Waals surface area contributed by atoms with Crippen molar-refractivity contribution in [2.45, 2.75) is 41.5 Å². The van der Waals surface area contributed by atoms with Crippen molar-refractivity contribution in [1.82, 2.24) is 15.2 Å². The minimum Gasteiger partial charge on any atom is -0.354 e. The van der Waals surface area contributed by atoms with Crippen LogP contribution >= 0.6 is 0 Å². The molecule has 0 unspecified atom stereocenters. The molecule has 1 N–H and O–H groups in total. The number of nitrogens with one attached hydrogen (secondary N) is 1. The standard InChI is InChI=1S/C35H42FN5/c1-9-11-12-13-27(7)38-35(26(6)14-16-30(36)24(3)4)28(8)31-17-15-25(5)33(39-31)22-29(10-2)32-18-20-41-21-19-37-23-34(41)40-32/h9-18,22,37H,3,5,19-21,23H2,1-2,4,6-8H3/b11-9-,13-12-,26-14+,29-10+,30-16+,33-22+,35-28+,38-27+. The number of pyridine rings is 1. The molecule has 5 nitrogen and oxygen atoms in total. The molecule has 3 rings (SSSR count). The zero-order valence-electron chi connectivity index (χ0n) is 25.3. The summed E-state index contributed by atoms with van der Waals surface area (Å²) >= 11 is 0. The summed E-state index contributed by atoms with van der Waals surface area (Å²) < 4.78 is 14.2.